The highest BCUT2D eigenvalue weighted by atomic mass is 35.5. The highest BCUT2D eigenvalue weighted by Gasteiger charge is 2.88. The van der Waals surface area contributed by atoms with Crippen LogP contribution in [0.2, 0.25) is 0 Å². The second kappa shape index (κ2) is 6.82. The molecule has 0 amide bonds. The molecule has 2 fully saturated rings. The highest BCUT2D eigenvalue weighted by Crippen LogP contribution is 2.67. The molecule has 166 valence electrons. The van der Waals surface area contributed by atoms with Gasteiger partial charge in [-0.3, -0.25) is 4.79 Å². The van der Waals surface area contributed by atoms with Crippen LogP contribution in [0.4, 0.5) is 0 Å². The maximum atomic E-state index is 13.1. The number of carbonyl (C=O) groups excluding carboxylic acids is 2. The molecule has 4 rings (SSSR count). The molecule has 0 saturated carbocycles. The number of aliphatic hydroxyl groups is 2. The van der Waals surface area contributed by atoms with Crippen LogP contribution in [0.15, 0.2) is 57.6 Å². The molecule has 2 saturated heterocycles. The van der Waals surface area contributed by atoms with E-state index < -0.39 is 46.2 Å². The van der Waals surface area contributed by atoms with E-state index in [0.29, 0.717) is 11.7 Å². The number of hydrogen-bond acceptors (Lipinski definition) is 7. The Labute approximate surface area is 185 Å². The van der Waals surface area contributed by atoms with Gasteiger partial charge in [0.25, 0.3) is 0 Å². The van der Waals surface area contributed by atoms with Gasteiger partial charge in [0.1, 0.15) is 17.1 Å². The molecule has 1 aliphatic carbocycles. The number of allylic oxidation sites excluding steroid dienone is 5. The molecule has 5 atom stereocenters. The van der Waals surface area contributed by atoms with Crippen LogP contribution in [0.5, 0.6) is 0 Å². The fourth-order valence-corrected chi connectivity index (χ4v) is 5.00. The van der Waals surface area contributed by atoms with E-state index in [1.807, 2.05) is 13.0 Å². The van der Waals surface area contributed by atoms with Crippen molar-refractivity contribution in [2.24, 2.45) is 5.92 Å². The number of ether oxygens (including phenoxy) is 3. The summed E-state index contributed by atoms with van der Waals surface area (Å²) in [6, 6.07) is 0. The number of epoxide rings is 1. The zero-order valence-electron chi connectivity index (χ0n) is 18.0. The zero-order chi connectivity index (χ0) is 22.9. The number of esters is 1. The van der Waals surface area contributed by atoms with Crippen LogP contribution in [0.3, 0.4) is 0 Å². The first kappa shape index (κ1) is 21.9. The Bertz CT molecular complexity index is 1040. The van der Waals surface area contributed by atoms with Crippen molar-refractivity contribution in [3.05, 3.63) is 57.6 Å². The zero-order valence-corrected chi connectivity index (χ0v) is 18.7. The van der Waals surface area contributed by atoms with E-state index in [-0.39, 0.29) is 10.6 Å². The first-order valence-electron chi connectivity index (χ1n) is 10.2. The maximum absolute atomic E-state index is 13.1. The van der Waals surface area contributed by atoms with Gasteiger partial charge in [-0.25, -0.2) is 4.79 Å². The molecule has 1 spiro atoms. The average molecular weight is 449 g/mol. The Hall–Kier alpha value is -2.35. The van der Waals surface area contributed by atoms with Gasteiger partial charge in [0.15, 0.2) is 11.2 Å². The van der Waals surface area contributed by atoms with Crippen molar-refractivity contribution in [3.63, 3.8) is 0 Å². The Morgan fingerprint density at radius 3 is 2.65 bits per heavy atom. The summed E-state index contributed by atoms with van der Waals surface area (Å²) in [4.78, 5) is 25.6. The number of fused-ring (bicyclic) bond motifs is 1. The minimum atomic E-state index is -2.30. The van der Waals surface area contributed by atoms with Crippen molar-refractivity contribution >= 4 is 23.4 Å². The predicted molar refractivity (Wildman–Crippen MR) is 112 cm³/mol. The molecule has 7 nitrogen and oxygen atoms in total. The molecule has 0 aromatic heterocycles. The third-order valence-electron chi connectivity index (χ3n) is 6.52. The lowest BCUT2D eigenvalue weighted by Crippen LogP contribution is -2.68. The van der Waals surface area contributed by atoms with E-state index in [4.69, 9.17) is 25.8 Å². The molecule has 4 aliphatic rings. The molecule has 31 heavy (non-hydrogen) atoms. The Balaban J connectivity index is 1.82. The van der Waals surface area contributed by atoms with Crippen molar-refractivity contribution < 1.29 is 34.0 Å². The SMILES string of the molecule is CC[C@H](C)/C=C(C)/C=C/C1=CC2=C(Cl)C(=O)[C@]3(C)OC(=O)/C(=C(\C)O)[C@]3(O)[C@@]23O[C@H]3O1. The monoisotopic (exact) mass is 448 g/mol. The molecule has 0 aromatic rings. The fraction of sp³-hybridized carbons (Fsp3) is 0.478. The summed E-state index contributed by atoms with van der Waals surface area (Å²) in [5, 5.41) is 21.7. The number of hydrogen-bond donors (Lipinski definition) is 2. The van der Waals surface area contributed by atoms with E-state index in [0.717, 1.165) is 12.0 Å². The summed E-state index contributed by atoms with van der Waals surface area (Å²) in [5.74, 6) is -1.43. The van der Waals surface area contributed by atoms with E-state index in [1.54, 1.807) is 6.08 Å². The minimum absolute atomic E-state index is 0.190. The first-order chi connectivity index (χ1) is 14.4. The van der Waals surface area contributed by atoms with E-state index in [2.05, 4.69) is 19.9 Å². The van der Waals surface area contributed by atoms with Crippen molar-refractivity contribution in [3.8, 4) is 0 Å². The quantitative estimate of drug-likeness (QED) is 0.223. The lowest BCUT2D eigenvalue weighted by atomic mass is 9.62. The van der Waals surface area contributed by atoms with Crippen LogP contribution in [-0.2, 0) is 23.8 Å². The summed E-state index contributed by atoms with van der Waals surface area (Å²) >= 11 is 6.40. The van der Waals surface area contributed by atoms with Crippen molar-refractivity contribution in [2.75, 3.05) is 0 Å². The van der Waals surface area contributed by atoms with Gasteiger partial charge < -0.3 is 24.4 Å². The normalized spacial score (nSPS) is 39.4. The number of carbonyl (C=O) groups is 2. The van der Waals surface area contributed by atoms with E-state index in [9.17, 15) is 19.8 Å². The van der Waals surface area contributed by atoms with Crippen LogP contribution in [0, 0.1) is 5.92 Å². The van der Waals surface area contributed by atoms with Gasteiger partial charge in [-0.15, -0.1) is 0 Å². The fourth-order valence-electron chi connectivity index (χ4n) is 4.63. The molecule has 3 aliphatic heterocycles. The molecule has 3 heterocycles. The molecule has 0 radical (unpaired) electrons. The number of Topliss-reactive ketones (excluding diaryl/α,β-unsaturated/α-hetero) is 1. The Morgan fingerprint density at radius 2 is 2.03 bits per heavy atom. The summed E-state index contributed by atoms with van der Waals surface area (Å²) in [7, 11) is 0. The third-order valence-corrected chi connectivity index (χ3v) is 6.90. The van der Waals surface area contributed by atoms with Crippen LogP contribution in [-0.4, -0.2) is 45.1 Å². The topological polar surface area (TPSA) is 106 Å². The van der Waals surface area contributed by atoms with E-state index in [1.165, 1.54) is 19.9 Å². The Kier molecular flexibility index (Phi) is 4.81. The second-order valence-corrected chi connectivity index (χ2v) is 9.01. The number of ketones is 1. The summed E-state index contributed by atoms with van der Waals surface area (Å²) in [6.45, 7) is 8.69. The van der Waals surface area contributed by atoms with Gasteiger partial charge in [-0.1, -0.05) is 49.6 Å². The molecular formula is C23H25ClO7. The standard InChI is InChI=1S/C23H25ClO7/c1-6-11(2)9-12(3)7-8-14-10-15-17(24)18(26)21(5)23(28,22(15)20(29-14)31-22)16(13(4)25)19(27)30-21/h7-11,20,25,28H,6H2,1-5H3/b8-7+,12-9+,16-13-/t11-,20+,21-,22+,23+/m0/s1. The van der Waals surface area contributed by atoms with Crippen LogP contribution in [0.25, 0.3) is 0 Å². The number of rotatable bonds is 4. The lowest BCUT2D eigenvalue weighted by molar-refractivity contribution is -0.173. The number of aliphatic hydroxyl groups excluding tert-OH is 1. The molecule has 0 aromatic carbocycles. The molecule has 0 unspecified atom stereocenters. The number of halogens is 1. The van der Waals surface area contributed by atoms with Crippen LogP contribution >= 0.6 is 11.6 Å². The Morgan fingerprint density at radius 1 is 1.35 bits per heavy atom. The average Bonchev–Trinajstić information content (AvgIpc) is 3.39. The van der Waals surface area contributed by atoms with Gasteiger partial charge in [-0.05, 0) is 38.8 Å². The van der Waals surface area contributed by atoms with Gasteiger partial charge in [0.2, 0.25) is 17.7 Å². The molecular weight excluding hydrogens is 424 g/mol. The molecule has 8 heteroatoms. The third kappa shape index (κ3) is 2.66. The van der Waals surface area contributed by atoms with Gasteiger partial charge in [0, 0.05) is 5.57 Å². The highest BCUT2D eigenvalue weighted by molar-refractivity contribution is 6.45. The van der Waals surface area contributed by atoms with Crippen LogP contribution in [0.1, 0.15) is 41.0 Å². The first-order valence-corrected chi connectivity index (χ1v) is 10.6. The molecule has 2 N–H and O–H groups in total. The summed E-state index contributed by atoms with van der Waals surface area (Å²) in [6.07, 6.45) is 7.25. The van der Waals surface area contributed by atoms with Crippen molar-refractivity contribution in [1.29, 1.82) is 0 Å². The van der Waals surface area contributed by atoms with Gasteiger partial charge >= 0.3 is 5.97 Å². The predicted octanol–water partition coefficient (Wildman–Crippen LogP) is 3.50. The largest absolute Gasteiger partial charge is 0.512 e. The van der Waals surface area contributed by atoms with Gasteiger partial charge in [0.05, 0.1) is 5.03 Å². The van der Waals surface area contributed by atoms with Crippen molar-refractivity contribution in [1.82, 2.24) is 0 Å². The van der Waals surface area contributed by atoms with E-state index >= 15 is 0 Å². The van der Waals surface area contributed by atoms with Crippen molar-refractivity contribution in [2.45, 2.75) is 64.1 Å². The van der Waals surface area contributed by atoms with Gasteiger partial charge in [-0.2, -0.15) is 0 Å². The van der Waals surface area contributed by atoms with Crippen LogP contribution < -0.4 is 0 Å². The minimum Gasteiger partial charge on any atom is -0.512 e. The second-order valence-electron chi connectivity index (χ2n) is 8.63. The summed E-state index contributed by atoms with van der Waals surface area (Å²) < 4.78 is 16.9. The molecule has 0 bridgehead atoms. The summed E-state index contributed by atoms with van der Waals surface area (Å²) in [5.41, 5.74) is -5.21. The maximum Gasteiger partial charge on any atom is 0.341 e. The smallest absolute Gasteiger partial charge is 0.341 e. The lowest BCUT2D eigenvalue weighted by Gasteiger charge is -2.44.